The molecule has 1 N–H and O–H groups in total. The van der Waals surface area contributed by atoms with E-state index in [1.54, 1.807) is 11.3 Å². The molecule has 0 atom stereocenters. The van der Waals surface area contributed by atoms with Gasteiger partial charge in [-0.2, -0.15) is 0 Å². The number of hydrogen-bond acceptors (Lipinski definition) is 3. The van der Waals surface area contributed by atoms with Gasteiger partial charge in [-0.1, -0.05) is 55.5 Å². The quantitative estimate of drug-likeness (QED) is 0.555. The van der Waals surface area contributed by atoms with Crippen molar-refractivity contribution in [1.82, 2.24) is 9.38 Å². The van der Waals surface area contributed by atoms with Crippen LogP contribution in [-0.4, -0.2) is 15.3 Å². The van der Waals surface area contributed by atoms with E-state index in [2.05, 4.69) is 17.2 Å². The molecular formula is C21H19N3OS. The number of aryl methyl sites for hydroxylation is 1. The minimum absolute atomic E-state index is 0.0134. The average Bonchev–Trinajstić information content (AvgIpc) is 3.25. The Balaban J connectivity index is 1.55. The number of imidazole rings is 1. The number of fused-ring (bicyclic) bond motifs is 1. The number of thiazole rings is 1. The van der Waals surface area contributed by atoms with E-state index in [0.717, 1.165) is 39.6 Å². The van der Waals surface area contributed by atoms with E-state index in [0.29, 0.717) is 6.42 Å². The number of nitrogens with zero attached hydrogens (tertiary/aromatic N) is 2. The van der Waals surface area contributed by atoms with Crippen molar-refractivity contribution in [2.75, 3.05) is 5.32 Å². The highest BCUT2D eigenvalue weighted by atomic mass is 32.1. The SMILES string of the molecule is CCc1ccccc1NC(=O)Cc1csc2nc(-c3ccccc3)cn12. The third-order valence-electron chi connectivity index (χ3n) is 4.37. The summed E-state index contributed by atoms with van der Waals surface area (Å²) in [6, 6.07) is 18.0. The second kappa shape index (κ2) is 7.14. The molecule has 0 saturated heterocycles. The van der Waals surface area contributed by atoms with Crippen LogP contribution in [0.5, 0.6) is 0 Å². The van der Waals surface area contributed by atoms with Crippen LogP contribution < -0.4 is 5.32 Å². The summed E-state index contributed by atoms with van der Waals surface area (Å²) in [5, 5.41) is 5.04. The molecule has 2 aromatic carbocycles. The second-order valence-electron chi connectivity index (χ2n) is 6.11. The molecule has 4 aromatic rings. The van der Waals surface area contributed by atoms with Crippen molar-refractivity contribution in [1.29, 1.82) is 0 Å². The van der Waals surface area contributed by atoms with E-state index in [9.17, 15) is 4.79 Å². The van der Waals surface area contributed by atoms with Crippen LogP contribution >= 0.6 is 11.3 Å². The molecule has 130 valence electrons. The van der Waals surface area contributed by atoms with Gasteiger partial charge in [-0.15, -0.1) is 11.3 Å². The van der Waals surface area contributed by atoms with Crippen LogP contribution in [0.4, 0.5) is 5.69 Å². The molecule has 26 heavy (non-hydrogen) atoms. The Hall–Kier alpha value is -2.92. The van der Waals surface area contributed by atoms with Crippen LogP contribution in [0, 0.1) is 0 Å². The standard InChI is InChI=1S/C21H19N3OS/c1-2-15-8-6-7-11-18(15)22-20(25)12-17-14-26-21-23-19(13-24(17)21)16-9-4-3-5-10-16/h3-11,13-14H,2,12H2,1H3,(H,22,25). The Kier molecular flexibility index (Phi) is 4.54. The number of aromatic nitrogens is 2. The van der Waals surface area contributed by atoms with E-state index in [-0.39, 0.29) is 5.91 Å². The molecule has 0 aliphatic rings. The molecule has 2 aromatic heterocycles. The summed E-state index contributed by atoms with van der Waals surface area (Å²) < 4.78 is 2.01. The molecule has 4 rings (SSSR count). The van der Waals surface area contributed by atoms with Gasteiger partial charge in [0.05, 0.1) is 12.1 Å². The average molecular weight is 361 g/mol. The number of benzene rings is 2. The number of carbonyl (C=O) groups is 1. The lowest BCUT2D eigenvalue weighted by atomic mass is 10.1. The van der Waals surface area contributed by atoms with Crippen molar-refractivity contribution in [3.05, 3.63) is 77.4 Å². The minimum atomic E-state index is -0.0134. The summed E-state index contributed by atoms with van der Waals surface area (Å²) >= 11 is 1.56. The molecule has 0 fully saturated rings. The Morgan fingerprint density at radius 1 is 1.12 bits per heavy atom. The topological polar surface area (TPSA) is 46.4 Å². The molecule has 5 heteroatoms. The molecule has 4 nitrogen and oxygen atoms in total. The van der Waals surface area contributed by atoms with Crippen LogP contribution in [0.3, 0.4) is 0 Å². The van der Waals surface area contributed by atoms with Gasteiger partial charge in [0.25, 0.3) is 0 Å². The fourth-order valence-electron chi connectivity index (χ4n) is 3.01. The van der Waals surface area contributed by atoms with Crippen LogP contribution in [0.25, 0.3) is 16.2 Å². The molecule has 2 heterocycles. The zero-order valence-corrected chi connectivity index (χ0v) is 15.3. The van der Waals surface area contributed by atoms with E-state index in [1.807, 2.05) is 70.6 Å². The lowest BCUT2D eigenvalue weighted by molar-refractivity contribution is -0.115. The van der Waals surface area contributed by atoms with Crippen molar-refractivity contribution in [2.24, 2.45) is 0 Å². The lowest BCUT2D eigenvalue weighted by Crippen LogP contribution is -2.16. The molecule has 0 spiro atoms. The summed E-state index contributed by atoms with van der Waals surface area (Å²) in [6.45, 7) is 2.09. The van der Waals surface area contributed by atoms with E-state index in [4.69, 9.17) is 0 Å². The highest BCUT2D eigenvalue weighted by molar-refractivity contribution is 7.15. The number of nitrogens with one attached hydrogen (secondary N) is 1. The fraction of sp³-hybridized carbons (Fsp3) is 0.143. The summed E-state index contributed by atoms with van der Waals surface area (Å²) in [5.74, 6) is -0.0134. The Morgan fingerprint density at radius 2 is 1.88 bits per heavy atom. The number of carbonyl (C=O) groups excluding carboxylic acids is 1. The Morgan fingerprint density at radius 3 is 2.69 bits per heavy atom. The molecule has 1 amide bonds. The van der Waals surface area contributed by atoms with Crippen molar-refractivity contribution < 1.29 is 4.79 Å². The molecule has 0 unspecified atom stereocenters. The van der Waals surface area contributed by atoms with Gasteiger partial charge in [-0.05, 0) is 18.1 Å². The van der Waals surface area contributed by atoms with Crippen molar-refractivity contribution >= 4 is 27.9 Å². The molecule has 0 aliphatic carbocycles. The number of amides is 1. The van der Waals surface area contributed by atoms with Gasteiger partial charge >= 0.3 is 0 Å². The number of anilines is 1. The van der Waals surface area contributed by atoms with Crippen molar-refractivity contribution in [3.63, 3.8) is 0 Å². The number of rotatable bonds is 5. The first-order valence-corrected chi connectivity index (χ1v) is 9.51. The summed E-state index contributed by atoms with van der Waals surface area (Å²) in [6.07, 6.45) is 3.22. The van der Waals surface area contributed by atoms with Gasteiger partial charge < -0.3 is 5.32 Å². The zero-order chi connectivity index (χ0) is 17.9. The molecule has 0 aliphatic heterocycles. The summed E-state index contributed by atoms with van der Waals surface area (Å²) in [4.78, 5) is 18.1. The maximum absolute atomic E-state index is 12.5. The predicted octanol–water partition coefficient (Wildman–Crippen LogP) is 4.81. The summed E-state index contributed by atoms with van der Waals surface area (Å²) in [7, 11) is 0. The van der Waals surface area contributed by atoms with Crippen molar-refractivity contribution in [3.8, 4) is 11.3 Å². The zero-order valence-electron chi connectivity index (χ0n) is 14.5. The number of hydrogen-bond donors (Lipinski definition) is 1. The Bertz CT molecular complexity index is 1050. The number of para-hydroxylation sites is 1. The van der Waals surface area contributed by atoms with Gasteiger partial charge in [-0.3, -0.25) is 9.20 Å². The Labute approximate surface area is 156 Å². The first kappa shape index (κ1) is 16.5. The van der Waals surface area contributed by atoms with E-state index < -0.39 is 0 Å². The third-order valence-corrected chi connectivity index (χ3v) is 5.26. The first-order chi connectivity index (χ1) is 12.7. The van der Waals surface area contributed by atoms with Crippen LogP contribution in [0.2, 0.25) is 0 Å². The van der Waals surface area contributed by atoms with Crippen LogP contribution in [0.15, 0.2) is 66.2 Å². The fourth-order valence-corrected chi connectivity index (χ4v) is 3.89. The lowest BCUT2D eigenvalue weighted by Gasteiger charge is -2.09. The molecular weight excluding hydrogens is 342 g/mol. The minimum Gasteiger partial charge on any atom is -0.326 e. The van der Waals surface area contributed by atoms with E-state index >= 15 is 0 Å². The van der Waals surface area contributed by atoms with Crippen molar-refractivity contribution in [2.45, 2.75) is 19.8 Å². The smallest absolute Gasteiger partial charge is 0.230 e. The summed E-state index contributed by atoms with van der Waals surface area (Å²) in [5.41, 5.74) is 4.99. The maximum atomic E-state index is 12.5. The first-order valence-electron chi connectivity index (χ1n) is 8.63. The van der Waals surface area contributed by atoms with Crippen LogP contribution in [0.1, 0.15) is 18.2 Å². The van der Waals surface area contributed by atoms with Gasteiger partial charge in [-0.25, -0.2) is 4.98 Å². The van der Waals surface area contributed by atoms with Gasteiger partial charge in [0, 0.05) is 28.5 Å². The highest BCUT2D eigenvalue weighted by Gasteiger charge is 2.13. The third kappa shape index (κ3) is 3.26. The molecule has 0 radical (unpaired) electrons. The normalized spacial score (nSPS) is 11.0. The molecule has 0 bridgehead atoms. The largest absolute Gasteiger partial charge is 0.326 e. The van der Waals surface area contributed by atoms with Gasteiger partial charge in [0.1, 0.15) is 0 Å². The van der Waals surface area contributed by atoms with Gasteiger partial charge in [0.15, 0.2) is 4.96 Å². The molecule has 0 saturated carbocycles. The maximum Gasteiger partial charge on any atom is 0.230 e. The second-order valence-corrected chi connectivity index (χ2v) is 6.94. The monoisotopic (exact) mass is 361 g/mol. The van der Waals surface area contributed by atoms with Gasteiger partial charge in [0.2, 0.25) is 5.91 Å². The highest BCUT2D eigenvalue weighted by Crippen LogP contribution is 2.24. The van der Waals surface area contributed by atoms with Crippen LogP contribution in [-0.2, 0) is 17.6 Å². The predicted molar refractivity (Wildman–Crippen MR) is 107 cm³/mol. The van der Waals surface area contributed by atoms with E-state index in [1.165, 1.54) is 0 Å².